The average molecular weight is 532 g/mol. The van der Waals surface area contributed by atoms with Crippen LogP contribution in [0, 0.1) is 0 Å². The molecule has 6 nitrogen and oxygen atoms in total. The average Bonchev–Trinajstić information content (AvgIpc) is 3.48. The van der Waals surface area contributed by atoms with Crippen molar-refractivity contribution in [3.8, 4) is 11.5 Å². The molecule has 1 aromatic carbocycles. The van der Waals surface area contributed by atoms with E-state index in [4.69, 9.17) is 11.6 Å². The van der Waals surface area contributed by atoms with Crippen molar-refractivity contribution in [1.29, 1.82) is 0 Å². The lowest BCUT2D eigenvalue weighted by atomic mass is 10.1. The highest BCUT2D eigenvalue weighted by Gasteiger charge is 2.51. The normalized spacial score (nSPS) is 20.9. The van der Waals surface area contributed by atoms with Gasteiger partial charge in [0.1, 0.15) is 11.7 Å². The summed E-state index contributed by atoms with van der Waals surface area (Å²) in [4.78, 5) is 6.18. The molecule has 2 saturated heterocycles. The summed E-state index contributed by atoms with van der Waals surface area (Å²) in [5, 5.41) is 13.1. The van der Waals surface area contributed by atoms with Crippen LogP contribution in [0.5, 0.6) is 0 Å². The van der Waals surface area contributed by atoms with Crippen LogP contribution < -0.4 is 5.32 Å². The van der Waals surface area contributed by atoms with Crippen molar-refractivity contribution in [2.24, 2.45) is 0 Å². The molecule has 0 unspecified atom stereocenters. The number of fused-ring (bicyclic) bond motifs is 4. The summed E-state index contributed by atoms with van der Waals surface area (Å²) in [6.07, 6.45) is -2.16. The Morgan fingerprint density at radius 3 is 2.56 bits per heavy atom. The molecule has 3 atom stereocenters. The lowest BCUT2D eigenvalue weighted by Crippen LogP contribution is -2.49. The van der Waals surface area contributed by atoms with Gasteiger partial charge in [0.05, 0.1) is 5.52 Å². The SMILES string of the molecule is Cl.Cl.FC(F)(F)[C@@H](c1ccc2nnc(-c3ccc4ccc(Cl)cc4n3)n2c1)N1C[C@@H]2C[C@H]1CN2. The van der Waals surface area contributed by atoms with Crippen LogP contribution >= 0.6 is 36.4 Å². The van der Waals surface area contributed by atoms with Gasteiger partial charge < -0.3 is 5.32 Å². The topological polar surface area (TPSA) is 58.4 Å². The maximum atomic E-state index is 14.2. The van der Waals surface area contributed by atoms with E-state index in [2.05, 4.69) is 20.5 Å². The fraction of sp³-hybridized carbons (Fsp3) is 0.318. The van der Waals surface area contributed by atoms with Crippen LogP contribution in [-0.4, -0.2) is 55.8 Å². The Kier molecular flexibility index (Phi) is 6.69. The van der Waals surface area contributed by atoms with Crippen molar-refractivity contribution in [2.45, 2.75) is 30.7 Å². The number of benzene rings is 1. The minimum atomic E-state index is -4.40. The second-order valence-corrected chi connectivity index (χ2v) is 8.82. The molecule has 0 aliphatic carbocycles. The summed E-state index contributed by atoms with van der Waals surface area (Å²) in [6.45, 7) is 0.968. The molecular weight excluding hydrogens is 512 g/mol. The molecule has 2 aliphatic heterocycles. The van der Waals surface area contributed by atoms with Crippen LogP contribution in [0.4, 0.5) is 13.2 Å². The quantitative estimate of drug-likeness (QED) is 0.399. The number of likely N-dealkylation sites (tertiary alicyclic amines) is 1. The first-order valence-corrected chi connectivity index (χ1v) is 10.7. The van der Waals surface area contributed by atoms with Gasteiger partial charge >= 0.3 is 6.18 Å². The van der Waals surface area contributed by atoms with Crippen molar-refractivity contribution in [3.63, 3.8) is 0 Å². The van der Waals surface area contributed by atoms with Gasteiger partial charge in [-0.3, -0.25) is 9.30 Å². The Balaban J connectivity index is 0.00000137. The van der Waals surface area contributed by atoms with E-state index in [1.807, 2.05) is 12.1 Å². The highest BCUT2D eigenvalue weighted by atomic mass is 35.5. The molecule has 0 saturated carbocycles. The van der Waals surface area contributed by atoms with Crippen molar-refractivity contribution in [3.05, 3.63) is 59.2 Å². The molecule has 0 radical (unpaired) electrons. The van der Waals surface area contributed by atoms with Crippen molar-refractivity contribution in [2.75, 3.05) is 13.1 Å². The summed E-state index contributed by atoms with van der Waals surface area (Å²) in [5.74, 6) is 0.384. The summed E-state index contributed by atoms with van der Waals surface area (Å²) in [5.41, 5.74) is 1.82. The van der Waals surface area contributed by atoms with E-state index >= 15 is 0 Å². The summed E-state index contributed by atoms with van der Waals surface area (Å²) in [7, 11) is 0. The first-order valence-electron chi connectivity index (χ1n) is 10.3. The second-order valence-electron chi connectivity index (χ2n) is 8.38. The van der Waals surface area contributed by atoms with Gasteiger partial charge in [-0.15, -0.1) is 35.0 Å². The Morgan fingerprint density at radius 2 is 1.85 bits per heavy atom. The Hall–Kier alpha value is -2.17. The number of aromatic nitrogens is 4. The minimum Gasteiger partial charge on any atom is -0.311 e. The number of halogens is 6. The predicted molar refractivity (Wildman–Crippen MR) is 129 cm³/mol. The number of nitrogens with one attached hydrogen (secondary N) is 1. The summed E-state index contributed by atoms with van der Waals surface area (Å²) < 4.78 is 44.2. The highest BCUT2D eigenvalue weighted by molar-refractivity contribution is 6.31. The third-order valence-electron chi connectivity index (χ3n) is 6.36. The molecule has 180 valence electrons. The lowest BCUT2D eigenvalue weighted by molar-refractivity contribution is -0.190. The number of hydrogen-bond donors (Lipinski definition) is 1. The fourth-order valence-electron chi connectivity index (χ4n) is 4.94. The fourth-order valence-corrected chi connectivity index (χ4v) is 5.10. The number of nitrogens with zero attached hydrogens (tertiary/aromatic N) is 5. The third-order valence-corrected chi connectivity index (χ3v) is 6.60. The van der Waals surface area contributed by atoms with E-state index in [1.54, 1.807) is 33.6 Å². The number of alkyl halides is 3. The lowest BCUT2D eigenvalue weighted by Gasteiger charge is -2.36. The highest BCUT2D eigenvalue weighted by Crippen LogP contribution is 2.42. The molecule has 0 amide bonds. The molecule has 6 rings (SSSR count). The van der Waals surface area contributed by atoms with Gasteiger partial charge in [-0.1, -0.05) is 29.8 Å². The first kappa shape index (κ1) is 24.9. The second kappa shape index (κ2) is 9.13. The van der Waals surface area contributed by atoms with Gasteiger partial charge in [0.25, 0.3) is 0 Å². The smallest absolute Gasteiger partial charge is 0.311 e. The van der Waals surface area contributed by atoms with E-state index in [0.717, 1.165) is 11.8 Å². The zero-order valence-electron chi connectivity index (χ0n) is 17.5. The standard InChI is InChI=1S/C22H18ClF3N6.2ClH/c23-14-4-1-12-2-5-17(28-18(12)7-14)21-30-29-19-6-3-13(10-32(19)21)20(22(24,25)26)31-11-15-8-16(31)9-27-15;;/h1-7,10,15-16,20,27H,8-9,11H2;2*1H/t15-,16-,20+;;/m0../s1. The molecular formula is C22H20Cl3F3N6. The van der Waals surface area contributed by atoms with Gasteiger partial charge in [0, 0.05) is 41.8 Å². The van der Waals surface area contributed by atoms with Crippen LogP contribution in [0.15, 0.2) is 48.7 Å². The van der Waals surface area contributed by atoms with Crippen LogP contribution in [0.1, 0.15) is 18.0 Å². The van der Waals surface area contributed by atoms with Gasteiger partial charge in [-0.05, 0) is 36.2 Å². The Morgan fingerprint density at radius 1 is 1.06 bits per heavy atom. The molecule has 34 heavy (non-hydrogen) atoms. The number of rotatable bonds is 3. The van der Waals surface area contributed by atoms with E-state index in [1.165, 1.54) is 12.3 Å². The van der Waals surface area contributed by atoms with Crippen molar-refractivity contribution in [1.82, 2.24) is 29.8 Å². The summed E-state index contributed by atoms with van der Waals surface area (Å²) >= 11 is 6.09. The summed E-state index contributed by atoms with van der Waals surface area (Å²) in [6, 6.07) is 10.4. The van der Waals surface area contributed by atoms with Crippen molar-refractivity contribution >= 4 is 53.0 Å². The first-order chi connectivity index (χ1) is 15.4. The number of pyridine rings is 2. The largest absolute Gasteiger partial charge is 0.408 e. The van der Waals surface area contributed by atoms with Gasteiger partial charge in [0.15, 0.2) is 11.5 Å². The molecule has 3 aromatic heterocycles. The molecule has 2 bridgehead atoms. The van der Waals surface area contributed by atoms with E-state index in [0.29, 0.717) is 40.8 Å². The molecule has 4 aromatic rings. The van der Waals surface area contributed by atoms with Crippen molar-refractivity contribution < 1.29 is 13.2 Å². The number of hydrogen-bond acceptors (Lipinski definition) is 5. The van der Waals surface area contributed by atoms with Crippen LogP contribution in [-0.2, 0) is 0 Å². The third kappa shape index (κ3) is 4.20. The van der Waals surface area contributed by atoms with Gasteiger partial charge in [0.2, 0.25) is 0 Å². The molecule has 2 aliphatic rings. The van der Waals surface area contributed by atoms with Gasteiger partial charge in [-0.25, -0.2) is 4.98 Å². The zero-order chi connectivity index (χ0) is 22.0. The van der Waals surface area contributed by atoms with E-state index < -0.39 is 12.2 Å². The molecule has 12 heteroatoms. The van der Waals surface area contributed by atoms with Gasteiger partial charge in [-0.2, -0.15) is 13.2 Å². The van der Waals surface area contributed by atoms with Crippen LogP contribution in [0.3, 0.4) is 0 Å². The molecule has 0 spiro atoms. The minimum absolute atomic E-state index is 0. The maximum Gasteiger partial charge on any atom is 0.408 e. The molecule has 2 fully saturated rings. The predicted octanol–water partition coefficient (Wildman–Crippen LogP) is 5.09. The molecule has 1 N–H and O–H groups in total. The zero-order valence-corrected chi connectivity index (χ0v) is 19.9. The molecule has 5 heterocycles. The van der Waals surface area contributed by atoms with Crippen LogP contribution in [0.25, 0.3) is 28.1 Å². The monoisotopic (exact) mass is 530 g/mol. The maximum absolute atomic E-state index is 14.2. The van der Waals surface area contributed by atoms with Crippen LogP contribution in [0.2, 0.25) is 5.02 Å². The Labute approximate surface area is 210 Å². The van der Waals surface area contributed by atoms with E-state index in [9.17, 15) is 13.2 Å². The number of piperazine rings is 1. The van der Waals surface area contributed by atoms with E-state index in [-0.39, 0.29) is 42.5 Å². The Bertz CT molecular complexity index is 1340.